The number of unbranched alkanes of at least 4 members (excludes halogenated alkanes) is 16. The van der Waals surface area contributed by atoms with Crippen LogP contribution in [0.3, 0.4) is 0 Å². The molecule has 0 saturated heterocycles. The van der Waals surface area contributed by atoms with Gasteiger partial charge in [-0.15, -0.1) is 0 Å². The number of aliphatic hydroxyl groups excluding tert-OH is 4. The van der Waals surface area contributed by atoms with Gasteiger partial charge in [0.2, 0.25) is 0 Å². The average molecular weight is 547 g/mol. The molecule has 0 unspecified atom stereocenters. The minimum Gasteiger partial charge on any atom is -0.455 e. The maximum atomic E-state index is 12.4. The number of hydrogen-bond donors (Lipinski definition) is 4. The lowest BCUT2D eigenvalue weighted by molar-refractivity contribution is -0.193. The first-order valence-corrected chi connectivity index (χ1v) is 15.4. The molecule has 0 fully saturated rings. The molecule has 0 aliphatic carbocycles. The highest BCUT2D eigenvalue weighted by atomic mass is 16.6. The molecule has 0 aromatic rings. The van der Waals surface area contributed by atoms with E-state index in [0.717, 1.165) is 38.5 Å². The molecule has 0 rings (SSSR count). The topological polar surface area (TPSA) is 134 Å². The zero-order valence-electron chi connectivity index (χ0n) is 24.3. The van der Waals surface area contributed by atoms with Crippen molar-refractivity contribution < 1.29 is 39.5 Å². The van der Waals surface area contributed by atoms with Gasteiger partial charge in [0.05, 0.1) is 13.2 Å². The quantitative estimate of drug-likeness (QED) is 0.0799. The van der Waals surface area contributed by atoms with Gasteiger partial charge in [-0.25, -0.2) is 0 Å². The van der Waals surface area contributed by atoms with Crippen LogP contribution in [0.1, 0.15) is 142 Å². The van der Waals surface area contributed by atoms with Gasteiger partial charge < -0.3 is 29.9 Å². The number of rotatable bonds is 27. The number of esters is 2. The molecule has 226 valence electrons. The van der Waals surface area contributed by atoms with Gasteiger partial charge in [-0.2, -0.15) is 0 Å². The second-order valence-corrected chi connectivity index (χ2v) is 10.6. The number of ether oxygens (including phenoxy) is 2. The summed E-state index contributed by atoms with van der Waals surface area (Å²) in [6, 6.07) is 0. The molecule has 0 saturated carbocycles. The number of hydrogen-bond acceptors (Lipinski definition) is 8. The van der Waals surface area contributed by atoms with E-state index in [0.29, 0.717) is 12.8 Å². The van der Waals surface area contributed by atoms with Crippen LogP contribution in [0.2, 0.25) is 0 Å². The Balaban J connectivity index is 4.54. The minimum absolute atomic E-state index is 0.124. The highest BCUT2D eigenvalue weighted by Crippen LogP contribution is 2.18. The molecule has 8 heteroatoms. The number of carbonyl (C=O) groups is 2. The molecule has 0 bridgehead atoms. The van der Waals surface area contributed by atoms with E-state index in [2.05, 4.69) is 13.8 Å². The first-order valence-electron chi connectivity index (χ1n) is 15.4. The zero-order chi connectivity index (χ0) is 28.4. The van der Waals surface area contributed by atoms with Crippen LogP contribution in [-0.2, 0) is 19.1 Å². The summed E-state index contributed by atoms with van der Waals surface area (Å²) in [6.07, 6.45) is 13.9. The van der Waals surface area contributed by atoms with E-state index in [9.17, 15) is 30.0 Å². The fourth-order valence-corrected chi connectivity index (χ4v) is 4.52. The zero-order valence-corrected chi connectivity index (χ0v) is 24.3. The number of aliphatic hydroxyl groups is 4. The second kappa shape index (κ2) is 26.0. The van der Waals surface area contributed by atoms with Crippen molar-refractivity contribution in [2.24, 2.45) is 0 Å². The Labute approximate surface area is 231 Å². The van der Waals surface area contributed by atoms with E-state index in [1.165, 1.54) is 64.2 Å². The van der Waals surface area contributed by atoms with Crippen LogP contribution in [-0.4, -0.2) is 70.0 Å². The second-order valence-electron chi connectivity index (χ2n) is 10.6. The summed E-state index contributed by atoms with van der Waals surface area (Å²) in [7, 11) is 0. The van der Waals surface area contributed by atoms with Gasteiger partial charge in [-0.1, -0.05) is 117 Å². The third-order valence-corrected chi connectivity index (χ3v) is 6.96. The maximum Gasteiger partial charge on any atom is 0.306 e. The van der Waals surface area contributed by atoms with E-state index in [-0.39, 0.29) is 12.8 Å². The van der Waals surface area contributed by atoms with Crippen LogP contribution in [0.25, 0.3) is 0 Å². The van der Waals surface area contributed by atoms with Crippen LogP contribution in [0.5, 0.6) is 0 Å². The largest absolute Gasteiger partial charge is 0.455 e. The molecule has 0 radical (unpaired) electrons. The number of carbonyl (C=O) groups excluding carboxylic acids is 2. The van der Waals surface area contributed by atoms with Crippen molar-refractivity contribution in [3.63, 3.8) is 0 Å². The summed E-state index contributed by atoms with van der Waals surface area (Å²) in [5, 5.41) is 39.5. The lowest BCUT2D eigenvalue weighted by atomic mass is 10.0. The van der Waals surface area contributed by atoms with Crippen molar-refractivity contribution in [3.05, 3.63) is 0 Å². The lowest BCUT2D eigenvalue weighted by Crippen LogP contribution is -2.51. The molecular formula is C30H58O8. The Bertz CT molecular complexity index is 508. The Morgan fingerprint density at radius 2 is 0.763 bits per heavy atom. The molecule has 8 nitrogen and oxygen atoms in total. The summed E-state index contributed by atoms with van der Waals surface area (Å²) >= 11 is 0. The Morgan fingerprint density at radius 1 is 0.500 bits per heavy atom. The molecule has 4 atom stereocenters. The van der Waals surface area contributed by atoms with Crippen LogP contribution in [0.4, 0.5) is 0 Å². The Kier molecular flexibility index (Phi) is 25.2. The van der Waals surface area contributed by atoms with Crippen molar-refractivity contribution in [2.45, 2.75) is 167 Å². The SMILES string of the molecule is CCCCCCCCCCCC(=O)O[C@@H]([C@H](OC(=O)CCCCCCCCCCC)[C@H](O)CO)[C@H](O)CO. The predicted molar refractivity (Wildman–Crippen MR) is 150 cm³/mol. The van der Waals surface area contributed by atoms with E-state index in [4.69, 9.17) is 9.47 Å². The highest BCUT2D eigenvalue weighted by molar-refractivity contribution is 5.70. The summed E-state index contributed by atoms with van der Waals surface area (Å²) in [5.41, 5.74) is 0. The van der Waals surface area contributed by atoms with E-state index in [1.54, 1.807) is 0 Å². The van der Waals surface area contributed by atoms with Crippen molar-refractivity contribution >= 4 is 11.9 Å². The van der Waals surface area contributed by atoms with Gasteiger partial charge >= 0.3 is 11.9 Å². The monoisotopic (exact) mass is 546 g/mol. The standard InChI is InChI=1S/C30H58O8/c1-3-5-7-9-11-13-15-17-19-21-27(35)37-29(25(33)23-31)30(26(34)24-32)38-28(36)22-20-18-16-14-12-10-8-6-4-2/h25-26,29-34H,3-24H2,1-2H3/t25-,26-,29-,30-/m1/s1. The minimum atomic E-state index is -1.56. The summed E-state index contributed by atoms with van der Waals surface area (Å²) < 4.78 is 10.7. The molecule has 0 spiro atoms. The van der Waals surface area contributed by atoms with E-state index < -0.39 is 49.6 Å². The third kappa shape index (κ3) is 19.8. The Morgan fingerprint density at radius 3 is 1.03 bits per heavy atom. The summed E-state index contributed by atoms with van der Waals surface area (Å²) in [4.78, 5) is 24.9. The lowest BCUT2D eigenvalue weighted by Gasteiger charge is -2.32. The molecule has 0 heterocycles. The van der Waals surface area contributed by atoms with E-state index in [1.807, 2.05) is 0 Å². The molecule has 0 amide bonds. The summed E-state index contributed by atoms with van der Waals surface area (Å²) in [6.45, 7) is 2.89. The summed E-state index contributed by atoms with van der Waals surface area (Å²) in [5.74, 6) is -1.20. The molecule has 38 heavy (non-hydrogen) atoms. The van der Waals surface area contributed by atoms with Gasteiger partial charge in [0, 0.05) is 12.8 Å². The van der Waals surface area contributed by atoms with Crippen LogP contribution < -0.4 is 0 Å². The molecule has 0 aromatic carbocycles. The van der Waals surface area contributed by atoms with Crippen molar-refractivity contribution in [1.82, 2.24) is 0 Å². The van der Waals surface area contributed by atoms with Crippen LogP contribution in [0, 0.1) is 0 Å². The van der Waals surface area contributed by atoms with Gasteiger partial charge in [0.15, 0.2) is 12.2 Å². The Hall–Kier alpha value is -1.22. The van der Waals surface area contributed by atoms with Gasteiger partial charge in [0.1, 0.15) is 12.2 Å². The predicted octanol–water partition coefficient (Wildman–Crippen LogP) is 5.36. The van der Waals surface area contributed by atoms with Crippen molar-refractivity contribution in [1.29, 1.82) is 0 Å². The fraction of sp³-hybridized carbons (Fsp3) is 0.933. The van der Waals surface area contributed by atoms with Gasteiger partial charge in [0.25, 0.3) is 0 Å². The van der Waals surface area contributed by atoms with Crippen molar-refractivity contribution in [3.8, 4) is 0 Å². The molecule has 0 aliphatic heterocycles. The molecule has 0 aliphatic rings. The normalized spacial score (nSPS) is 14.6. The van der Waals surface area contributed by atoms with Crippen LogP contribution >= 0.6 is 0 Å². The molecule has 4 N–H and O–H groups in total. The fourth-order valence-electron chi connectivity index (χ4n) is 4.52. The third-order valence-electron chi connectivity index (χ3n) is 6.96. The van der Waals surface area contributed by atoms with Gasteiger partial charge in [-0.3, -0.25) is 9.59 Å². The van der Waals surface area contributed by atoms with Gasteiger partial charge in [-0.05, 0) is 12.8 Å². The maximum absolute atomic E-state index is 12.4. The molecular weight excluding hydrogens is 488 g/mol. The highest BCUT2D eigenvalue weighted by Gasteiger charge is 2.39. The van der Waals surface area contributed by atoms with Crippen LogP contribution in [0.15, 0.2) is 0 Å². The van der Waals surface area contributed by atoms with Crippen molar-refractivity contribution in [2.75, 3.05) is 13.2 Å². The first-order chi connectivity index (χ1) is 18.4. The smallest absolute Gasteiger partial charge is 0.306 e. The average Bonchev–Trinajstić information content (AvgIpc) is 2.92. The molecule has 0 aromatic heterocycles. The van der Waals surface area contributed by atoms with E-state index >= 15 is 0 Å². The first kappa shape index (κ1) is 36.8.